The maximum Gasteiger partial charge on any atom is 0.291 e. The zero-order valence-corrected chi connectivity index (χ0v) is 17.4. The minimum atomic E-state index is -3.41. The van der Waals surface area contributed by atoms with Gasteiger partial charge >= 0.3 is 0 Å². The lowest BCUT2D eigenvalue weighted by Crippen LogP contribution is -2.24. The van der Waals surface area contributed by atoms with Gasteiger partial charge in [0.25, 0.3) is 5.56 Å². The van der Waals surface area contributed by atoms with Crippen molar-refractivity contribution in [2.24, 2.45) is 7.05 Å². The number of methoxy groups -OCH3 is 1. The van der Waals surface area contributed by atoms with Crippen LogP contribution in [-0.2, 0) is 23.4 Å². The number of benzene rings is 1. The molecule has 0 bridgehead atoms. The minimum Gasteiger partial charge on any atom is -0.496 e. The van der Waals surface area contributed by atoms with Crippen molar-refractivity contribution in [1.82, 2.24) is 19.3 Å². The highest BCUT2D eigenvalue weighted by molar-refractivity contribution is 7.92. The first-order valence-electron chi connectivity index (χ1n) is 8.39. The fraction of sp³-hybridized carbons (Fsp3) is 0.278. The number of fused-ring (bicyclic) bond motifs is 3. The Bertz CT molecular complexity index is 1400. The van der Waals surface area contributed by atoms with Crippen LogP contribution in [0.15, 0.2) is 33.5 Å². The summed E-state index contributed by atoms with van der Waals surface area (Å²) in [6.45, 7) is 2.25. The Balaban J connectivity index is 1.85. The number of aromatic nitrogens is 4. The molecule has 4 aromatic rings. The third kappa shape index (κ3) is 2.89. The van der Waals surface area contributed by atoms with E-state index < -0.39 is 9.84 Å². The van der Waals surface area contributed by atoms with Gasteiger partial charge in [-0.3, -0.25) is 4.79 Å². The fourth-order valence-corrected chi connectivity index (χ4v) is 5.13. The molecule has 0 saturated heterocycles. The second-order valence-corrected chi connectivity index (χ2v) is 9.83. The van der Waals surface area contributed by atoms with Crippen molar-refractivity contribution in [1.29, 1.82) is 0 Å². The molecule has 0 amide bonds. The third-order valence-corrected chi connectivity index (χ3v) is 7.38. The zero-order valence-electron chi connectivity index (χ0n) is 15.8. The summed E-state index contributed by atoms with van der Waals surface area (Å²) in [7, 11) is -0.0971. The molecule has 0 N–H and O–H groups in total. The topological polar surface area (TPSA) is 96.1 Å². The summed E-state index contributed by atoms with van der Waals surface area (Å²) < 4.78 is 32.6. The number of aryl methyl sites for hydroxylation is 2. The van der Waals surface area contributed by atoms with Crippen molar-refractivity contribution < 1.29 is 13.2 Å². The van der Waals surface area contributed by atoms with Crippen LogP contribution in [0.3, 0.4) is 0 Å². The van der Waals surface area contributed by atoms with Crippen LogP contribution in [0.2, 0.25) is 0 Å². The molecule has 3 aromatic heterocycles. The van der Waals surface area contributed by atoms with Crippen LogP contribution in [0.5, 0.6) is 5.75 Å². The largest absolute Gasteiger partial charge is 0.496 e. The van der Waals surface area contributed by atoms with Crippen molar-refractivity contribution in [2.75, 3.05) is 13.4 Å². The van der Waals surface area contributed by atoms with E-state index in [1.807, 2.05) is 25.1 Å². The van der Waals surface area contributed by atoms with Crippen molar-refractivity contribution in [3.05, 3.63) is 45.9 Å². The molecule has 0 radical (unpaired) electrons. The van der Waals surface area contributed by atoms with Gasteiger partial charge in [0.2, 0.25) is 14.2 Å². The Morgan fingerprint density at radius 2 is 2.04 bits per heavy atom. The van der Waals surface area contributed by atoms with Gasteiger partial charge in [-0.1, -0.05) is 12.1 Å². The van der Waals surface area contributed by atoms with E-state index in [0.717, 1.165) is 34.5 Å². The smallest absolute Gasteiger partial charge is 0.291 e. The Morgan fingerprint density at radius 3 is 2.71 bits per heavy atom. The average molecular weight is 419 g/mol. The normalized spacial score (nSPS) is 12.1. The second-order valence-electron chi connectivity index (χ2n) is 6.64. The molecule has 0 aliphatic carbocycles. The molecule has 10 heteroatoms. The van der Waals surface area contributed by atoms with Crippen molar-refractivity contribution in [3.63, 3.8) is 0 Å². The monoisotopic (exact) mass is 418 g/mol. The molecule has 0 aliphatic rings. The minimum absolute atomic E-state index is 0.0333. The molecule has 0 atom stereocenters. The molecule has 146 valence electrons. The SMILES string of the molecule is COc1cc(Cn2ncc3c4sc(S(C)(=O)=O)nc4n(C)c3c2=O)ccc1C. The second kappa shape index (κ2) is 6.42. The van der Waals surface area contributed by atoms with Crippen LogP contribution in [0.25, 0.3) is 21.3 Å². The molecule has 28 heavy (non-hydrogen) atoms. The number of rotatable bonds is 4. The molecule has 3 heterocycles. The number of hydrogen-bond acceptors (Lipinski definition) is 7. The quantitative estimate of drug-likeness (QED) is 0.504. The molecule has 4 rings (SSSR count). The van der Waals surface area contributed by atoms with Gasteiger partial charge in [0.1, 0.15) is 11.3 Å². The van der Waals surface area contributed by atoms with E-state index in [1.165, 1.54) is 4.68 Å². The fourth-order valence-electron chi connectivity index (χ4n) is 3.18. The summed E-state index contributed by atoms with van der Waals surface area (Å²) in [6, 6.07) is 5.75. The molecular weight excluding hydrogens is 400 g/mol. The van der Waals surface area contributed by atoms with Crippen LogP contribution in [0.4, 0.5) is 0 Å². The number of thiazole rings is 1. The predicted molar refractivity (Wildman–Crippen MR) is 108 cm³/mol. The van der Waals surface area contributed by atoms with Crippen molar-refractivity contribution in [2.45, 2.75) is 17.8 Å². The average Bonchev–Trinajstić information content (AvgIpc) is 3.19. The van der Waals surface area contributed by atoms with Crippen molar-refractivity contribution in [3.8, 4) is 5.75 Å². The highest BCUT2D eigenvalue weighted by Gasteiger charge is 2.21. The van der Waals surface area contributed by atoms with E-state index in [0.29, 0.717) is 27.8 Å². The number of ether oxygens (including phenoxy) is 1. The molecule has 0 saturated carbocycles. The lowest BCUT2D eigenvalue weighted by molar-refractivity contribution is 0.411. The van der Waals surface area contributed by atoms with Crippen LogP contribution < -0.4 is 10.3 Å². The highest BCUT2D eigenvalue weighted by Crippen LogP contribution is 2.32. The Morgan fingerprint density at radius 1 is 1.29 bits per heavy atom. The van der Waals surface area contributed by atoms with Gasteiger partial charge in [0.05, 0.1) is 24.6 Å². The molecule has 0 aliphatic heterocycles. The molecule has 0 fully saturated rings. The maximum absolute atomic E-state index is 13.0. The van der Waals surface area contributed by atoms with E-state index in [9.17, 15) is 13.2 Å². The van der Waals surface area contributed by atoms with Crippen LogP contribution in [0.1, 0.15) is 11.1 Å². The molecule has 0 unspecified atom stereocenters. The maximum atomic E-state index is 13.0. The van der Waals surface area contributed by atoms with Gasteiger partial charge in [-0.15, -0.1) is 11.3 Å². The Kier molecular flexibility index (Phi) is 4.27. The highest BCUT2D eigenvalue weighted by atomic mass is 32.2. The number of sulfone groups is 1. The van der Waals surface area contributed by atoms with Gasteiger partial charge in [0.15, 0.2) is 5.65 Å². The number of nitrogens with zero attached hydrogens (tertiary/aromatic N) is 4. The van der Waals surface area contributed by atoms with Gasteiger partial charge in [-0.2, -0.15) is 5.10 Å². The Hall–Kier alpha value is -2.72. The summed E-state index contributed by atoms with van der Waals surface area (Å²) in [5.74, 6) is 0.753. The first-order valence-corrected chi connectivity index (χ1v) is 11.1. The first-order chi connectivity index (χ1) is 13.2. The molecule has 0 spiro atoms. The van der Waals surface area contributed by atoms with Crippen LogP contribution >= 0.6 is 11.3 Å². The van der Waals surface area contributed by atoms with Gasteiger partial charge in [-0.05, 0) is 24.1 Å². The van der Waals surface area contributed by atoms with E-state index in [2.05, 4.69) is 10.1 Å². The summed E-state index contributed by atoms with van der Waals surface area (Å²) in [6.07, 6.45) is 2.71. The van der Waals surface area contributed by atoms with E-state index in [4.69, 9.17) is 4.74 Å². The number of hydrogen-bond donors (Lipinski definition) is 0. The summed E-state index contributed by atoms with van der Waals surface area (Å²) in [5.41, 5.74) is 2.56. The summed E-state index contributed by atoms with van der Waals surface area (Å²) in [4.78, 5) is 17.2. The predicted octanol–water partition coefficient (Wildman–Crippen LogP) is 2.11. The molecule has 1 aromatic carbocycles. The summed E-state index contributed by atoms with van der Waals surface area (Å²) >= 11 is 1.06. The first kappa shape index (κ1) is 18.6. The van der Waals surface area contributed by atoms with Crippen molar-refractivity contribution >= 4 is 42.4 Å². The van der Waals surface area contributed by atoms with Crippen LogP contribution in [0, 0.1) is 6.92 Å². The molecular formula is C18H18N4O4S2. The summed E-state index contributed by atoms with van der Waals surface area (Å²) in [5, 5.41) is 4.90. The van der Waals surface area contributed by atoms with Crippen LogP contribution in [-0.4, -0.2) is 41.1 Å². The lowest BCUT2D eigenvalue weighted by Gasteiger charge is -2.09. The third-order valence-electron chi connectivity index (χ3n) is 4.63. The molecule has 8 nitrogen and oxygen atoms in total. The van der Waals surface area contributed by atoms with E-state index >= 15 is 0 Å². The Labute approximate surface area is 164 Å². The van der Waals surface area contributed by atoms with Gasteiger partial charge < -0.3 is 9.30 Å². The zero-order chi connectivity index (χ0) is 20.2. The van der Waals surface area contributed by atoms with E-state index in [1.54, 1.807) is 24.9 Å². The lowest BCUT2D eigenvalue weighted by atomic mass is 10.1. The van der Waals surface area contributed by atoms with Gasteiger partial charge in [-0.25, -0.2) is 18.1 Å². The van der Waals surface area contributed by atoms with Gasteiger partial charge in [0, 0.05) is 18.7 Å². The standard InChI is InChI=1S/C18H18N4O4S2/c1-10-5-6-11(7-13(10)26-3)9-22-17(23)14-12(8-19-22)15-16(21(14)2)20-18(27-15)28(4,24)25/h5-8H,9H2,1-4H3. The van der Waals surface area contributed by atoms with E-state index in [-0.39, 0.29) is 9.90 Å².